The molecule has 3 fully saturated rings. The third kappa shape index (κ3) is 5.43. The summed E-state index contributed by atoms with van der Waals surface area (Å²) in [6, 6.07) is 0. The van der Waals surface area contributed by atoms with Gasteiger partial charge in [-0.05, 0) is 12.8 Å². The number of hydrogen-bond donors (Lipinski definition) is 1. The van der Waals surface area contributed by atoms with Crippen molar-refractivity contribution >= 4 is 17.8 Å². The Morgan fingerprint density at radius 3 is 2.20 bits per heavy atom. The zero-order valence-corrected chi connectivity index (χ0v) is 18.9. The topological polar surface area (TPSA) is 80.7 Å². The van der Waals surface area contributed by atoms with Crippen LogP contribution >= 0.6 is 0 Å². The molecule has 0 bridgehead atoms. The number of hydrogen-bond acceptors (Lipinski definition) is 5. The van der Waals surface area contributed by atoms with Crippen LogP contribution in [0.25, 0.3) is 0 Å². The molecule has 0 aromatic heterocycles. The highest BCUT2D eigenvalue weighted by molar-refractivity contribution is 5.85. The van der Waals surface area contributed by atoms with E-state index in [2.05, 4.69) is 20.1 Å². The maximum atomic E-state index is 12.8. The Labute approximate surface area is 180 Å². The van der Waals surface area contributed by atoms with Crippen LogP contribution in [0, 0.1) is 5.41 Å². The van der Waals surface area contributed by atoms with Gasteiger partial charge >= 0.3 is 0 Å². The van der Waals surface area contributed by atoms with Gasteiger partial charge in [-0.1, -0.05) is 12.8 Å². The van der Waals surface area contributed by atoms with Crippen LogP contribution in [0.4, 0.5) is 0 Å². The van der Waals surface area contributed by atoms with E-state index in [1.165, 1.54) is 0 Å². The minimum Gasteiger partial charge on any atom is -0.378 e. The summed E-state index contributed by atoms with van der Waals surface area (Å²) in [6.45, 7) is 7.09. The molecule has 30 heavy (non-hydrogen) atoms. The fourth-order valence-electron chi connectivity index (χ4n) is 4.79. The summed E-state index contributed by atoms with van der Waals surface area (Å²) in [4.78, 5) is 37.8. The molecule has 0 unspecified atom stereocenters. The number of morpholine rings is 1. The van der Waals surface area contributed by atoms with Gasteiger partial charge < -0.3 is 24.8 Å². The zero-order chi connectivity index (χ0) is 21.6. The van der Waals surface area contributed by atoms with Gasteiger partial charge in [-0.3, -0.25) is 19.5 Å². The van der Waals surface area contributed by atoms with Crippen molar-refractivity contribution in [3.63, 3.8) is 0 Å². The van der Waals surface area contributed by atoms with Crippen molar-refractivity contribution in [3.05, 3.63) is 0 Å². The van der Waals surface area contributed by atoms with Gasteiger partial charge in [0.25, 0.3) is 0 Å². The number of rotatable bonds is 5. The third-order valence-corrected chi connectivity index (χ3v) is 6.61. The number of guanidine groups is 1. The van der Waals surface area contributed by atoms with Gasteiger partial charge in [0.2, 0.25) is 11.8 Å². The molecule has 0 atom stereocenters. The fourth-order valence-corrected chi connectivity index (χ4v) is 4.79. The van der Waals surface area contributed by atoms with Gasteiger partial charge in [0, 0.05) is 67.0 Å². The van der Waals surface area contributed by atoms with Crippen LogP contribution in [0.5, 0.6) is 0 Å². The molecule has 3 rings (SSSR count). The Balaban J connectivity index is 1.47. The minimum atomic E-state index is -0.314. The van der Waals surface area contributed by atoms with Crippen molar-refractivity contribution in [1.29, 1.82) is 0 Å². The van der Waals surface area contributed by atoms with Gasteiger partial charge in [-0.25, -0.2) is 0 Å². The summed E-state index contributed by atoms with van der Waals surface area (Å²) in [7, 11) is 5.48. The van der Waals surface area contributed by atoms with Crippen molar-refractivity contribution in [2.24, 2.45) is 10.4 Å². The first-order valence-corrected chi connectivity index (χ1v) is 11.2. The second kappa shape index (κ2) is 10.4. The lowest BCUT2D eigenvalue weighted by atomic mass is 9.84. The predicted molar refractivity (Wildman–Crippen MR) is 116 cm³/mol. The van der Waals surface area contributed by atoms with Crippen LogP contribution < -0.4 is 5.32 Å². The molecule has 2 amide bonds. The molecule has 2 aliphatic heterocycles. The van der Waals surface area contributed by atoms with E-state index in [9.17, 15) is 9.59 Å². The molecule has 9 nitrogen and oxygen atoms in total. The summed E-state index contributed by atoms with van der Waals surface area (Å²) >= 11 is 0. The second-order valence-electron chi connectivity index (χ2n) is 8.84. The van der Waals surface area contributed by atoms with Crippen LogP contribution in [0.2, 0.25) is 0 Å². The number of piperazine rings is 1. The van der Waals surface area contributed by atoms with Crippen molar-refractivity contribution in [2.45, 2.75) is 25.7 Å². The standard InChI is InChI=1S/C21H38N6O3/c1-22-20(23-17-21(6-4-5-7-21)19(29)24(2)3)27-10-8-25(9-11-27)16-18(28)26-12-14-30-15-13-26/h4-17H2,1-3H3,(H,22,23). The highest BCUT2D eigenvalue weighted by Crippen LogP contribution is 2.39. The molecule has 0 radical (unpaired) electrons. The third-order valence-electron chi connectivity index (χ3n) is 6.61. The minimum absolute atomic E-state index is 0.194. The molecule has 0 aromatic carbocycles. The monoisotopic (exact) mass is 422 g/mol. The van der Waals surface area contributed by atoms with Crippen LogP contribution in [0.1, 0.15) is 25.7 Å². The van der Waals surface area contributed by atoms with E-state index in [0.717, 1.165) is 57.8 Å². The Hall–Kier alpha value is -1.87. The largest absolute Gasteiger partial charge is 0.378 e. The van der Waals surface area contributed by atoms with Crippen LogP contribution in [0.15, 0.2) is 4.99 Å². The molecule has 170 valence electrons. The summed E-state index contributed by atoms with van der Waals surface area (Å²) in [5, 5.41) is 3.49. The van der Waals surface area contributed by atoms with E-state index in [0.29, 0.717) is 39.4 Å². The normalized spacial score (nSPS) is 22.8. The van der Waals surface area contributed by atoms with Crippen molar-refractivity contribution in [3.8, 4) is 0 Å². The molecule has 0 aromatic rings. The molecule has 1 aliphatic carbocycles. The second-order valence-corrected chi connectivity index (χ2v) is 8.84. The zero-order valence-electron chi connectivity index (χ0n) is 18.9. The number of amides is 2. The van der Waals surface area contributed by atoms with E-state index < -0.39 is 0 Å². The molecule has 0 spiro atoms. The van der Waals surface area contributed by atoms with Gasteiger partial charge in [0.05, 0.1) is 25.2 Å². The smallest absolute Gasteiger partial charge is 0.236 e. The van der Waals surface area contributed by atoms with Crippen molar-refractivity contribution in [1.82, 2.24) is 24.9 Å². The maximum absolute atomic E-state index is 12.8. The average molecular weight is 423 g/mol. The molecular formula is C21H38N6O3. The number of nitrogens with zero attached hydrogens (tertiary/aromatic N) is 5. The lowest BCUT2D eigenvalue weighted by molar-refractivity contribution is -0.139. The molecule has 2 heterocycles. The van der Waals surface area contributed by atoms with Gasteiger partial charge in [-0.2, -0.15) is 0 Å². The van der Waals surface area contributed by atoms with Gasteiger partial charge in [0.15, 0.2) is 5.96 Å². The number of carbonyl (C=O) groups is 2. The van der Waals surface area contributed by atoms with Gasteiger partial charge in [-0.15, -0.1) is 0 Å². The van der Waals surface area contributed by atoms with E-state index in [-0.39, 0.29) is 17.2 Å². The van der Waals surface area contributed by atoms with E-state index in [4.69, 9.17) is 4.74 Å². The number of ether oxygens (including phenoxy) is 1. The summed E-state index contributed by atoms with van der Waals surface area (Å²) < 4.78 is 5.33. The maximum Gasteiger partial charge on any atom is 0.236 e. The Morgan fingerprint density at radius 1 is 1.00 bits per heavy atom. The first-order valence-electron chi connectivity index (χ1n) is 11.2. The number of aliphatic imine (C=N–C) groups is 1. The Kier molecular flexibility index (Phi) is 7.93. The predicted octanol–water partition coefficient (Wildman–Crippen LogP) is -0.313. The van der Waals surface area contributed by atoms with E-state index in [1.54, 1.807) is 11.9 Å². The first kappa shape index (κ1) is 22.8. The van der Waals surface area contributed by atoms with Crippen LogP contribution in [-0.2, 0) is 14.3 Å². The van der Waals surface area contributed by atoms with E-state index in [1.807, 2.05) is 19.0 Å². The van der Waals surface area contributed by atoms with Crippen molar-refractivity contribution in [2.75, 3.05) is 86.7 Å². The highest BCUT2D eigenvalue weighted by atomic mass is 16.5. The SMILES string of the molecule is CN=C(NCC1(C(=O)N(C)C)CCCC1)N1CCN(CC(=O)N2CCOCC2)CC1. The quantitative estimate of drug-likeness (QED) is 0.484. The van der Waals surface area contributed by atoms with E-state index >= 15 is 0 Å². The molecule has 1 saturated carbocycles. The number of nitrogens with one attached hydrogen (secondary N) is 1. The first-order chi connectivity index (χ1) is 14.4. The fraction of sp³-hybridized carbons (Fsp3) is 0.857. The van der Waals surface area contributed by atoms with Gasteiger partial charge in [0.1, 0.15) is 0 Å². The summed E-state index contributed by atoms with van der Waals surface area (Å²) in [6.07, 6.45) is 4.09. The number of carbonyl (C=O) groups excluding carboxylic acids is 2. The highest BCUT2D eigenvalue weighted by Gasteiger charge is 2.42. The average Bonchev–Trinajstić information content (AvgIpc) is 3.25. The lowest BCUT2D eigenvalue weighted by Crippen LogP contribution is -2.56. The summed E-state index contributed by atoms with van der Waals surface area (Å²) in [5.41, 5.74) is -0.314. The molecule has 1 N–H and O–H groups in total. The lowest BCUT2D eigenvalue weighted by Gasteiger charge is -2.38. The van der Waals surface area contributed by atoms with Crippen molar-refractivity contribution < 1.29 is 14.3 Å². The Morgan fingerprint density at radius 2 is 1.63 bits per heavy atom. The van der Waals surface area contributed by atoms with Crippen LogP contribution in [-0.4, -0.2) is 124 Å². The molecule has 9 heteroatoms. The molecule has 2 saturated heterocycles. The molecule has 3 aliphatic rings. The summed E-state index contributed by atoms with van der Waals surface area (Å²) in [5.74, 6) is 1.26. The van der Waals surface area contributed by atoms with Crippen LogP contribution in [0.3, 0.4) is 0 Å². The molecular weight excluding hydrogens is 384 g/mol. The Bertz CT molecular complexity index is 618.